The number of benzene rings is 1. The molecule has 1 aromatic heterocycles. The molecule has 1 aliphatic carbocycles. The Hall–Kier alpha value is -1.85. The van der Waals surface area contributed by atoms with Crippen molar-refractivity contribution >= 4 is 29.2 Å². The molecule has 1 aliphatic rings. The predicted octanol–water partition coefficient (Wildman–Crippen LogP) is 1.28. The van der Waals surface area contributed by atoms with Gasteiger partial charge in [-0.15, -0.1) is 12.4 Å². The van der Waals surface area contributed by atoms with Gasteiger partial charge in [-0.25, -0.2) is 0 Å². The number of carbonyl (C=O) groups excluding carboxylic acids is 1. The van der Waals surface area contributed by atoms with Crippen LogP contribution in [0.1, 0.15) is 12.8 Å². The van der Waals surface area contributed by atoms with Crippen molar-refractivity contribution in [2.24, 2.45) is 11.7 Å². The molecule has 3 rings (SSSR count). The summed E-state index contributed by atoms with van der Waals surface area (Å²) in [5.41, 5.74) is 6.45. The van der Waals surface area contributed by atoms with Gasteiger partial charge in [0, 0.05) is 30.2 Å². The maximum absolute atomic E-state index is 12.2. The zero-order valence-corrected chi connectivity index (χ0v) is 13.0. The highest BCUT2D eigenvalue weighted by atomic mass is 35.5. The molecule has 0 radical (unpaired) electrons. The van der Waals surface area contributed by atoms with Crippen LogP contribution < -0.4 is 16.5 Å². The van der Waals surface area contributed by atoms with E-state index in [0.29, 0.717) is 17.8 Å². The fourth-order valence-electron chi connectivity index (χ4n) is 2.67. The SMILES string of the molecule is Cl.NCC(NC(=O)Cn1ccc(=O)c2ccccc21)C1CC1. The summed E-state index contributed by atoms with van der Waals surface area (Å²) in [5.74, 6) is 0.468. The average molecular weight is 322 g/mol. The van der Waals surface area contributed by atoms with Gasteiger partial charge in [-0.3, -0.25) is 9.59 Å². The van der Waals surface area contributed by atoms with Gasteiger partial charge in [0.05, 0.1) is 5.52 Å². The molecular weight excluding hydrogens is 302 g/mol. The third-order valence-corrected chi connectivity index (χ3v) is 3.99. The molecule has 1 atom stereocenters. The lowest BCUT2D eigenvalue weighted by molar-refractivity contribution is -0.122. The highest BCUT2D eigenvalue weighted by Crippen LogP contribution is 2.32. The summed E-state index contributed by atoms with van der Waals surface area (Å²) in [6.45, 7) is 0.672. The van der Waals surface area contributed by atoms with Gasteiger partial charge in [0.15, 0.2) is 5.43 Å². The van der Waals surface area contributed by atoms with Crippen molar-refractivity contribution in [1.82, 2.24) is 9.88 Å². The lowest BCUT2D eigenvalue weighted by Gasteiger charge is -2.17. The van der Waals surface area contributed by atoms with Gasteiger partial charge in [-0.2, -0.15) is 0 Å². The number of carbonyl (C=O) groups is 1. The molecule has 1 aromatic carbocycles. The van der Waals surface area contributed by atoms with Gasteiger partial charge < -0.3 is 15.6 Å². The highest BCUT2D eigenvalue weighted by molar-refractivity contribution is 5.85. The summed E-state index contributed by atoms with van der Waals surface area (Å²) in [4.78, 5) is 24.0. The summed E-state index contributed by atoms with van der Waals surface area (Å²) in [7, 11) is 0. The van der Waals surface area contributed by atoms with E-state index in [4.69, 9.17) is 5.73 Å². The number of hydrogen-bond acceptors (Lipinski definition) is 3. The smallest absolute Gasteiger partial charge is 0.240 e. The molecule has 6 heteroatoms. The molecule has 0 spiro atoms. The van der Waals surface area contributed by atoms with Crippen LogP contribution in [0.5, 0.6) is 0 Å². The molecule has 1 amide bonds. The van der Waals surface area contributed by atoms with Crippen molar-refractivity contribution in [2.45, 2.75) is 25.4 Å². The second-order valence-electron chi connectivity index (χ2n) is 5.57. The number of aromatic nitrogens is 1. The fraction of sp³-hybridized carbons (Fsp3) is 0.375. The first-order valence-corrected chi connectivity index (χ1v) is 7.26. The number of fused-ring (bicyclic) bond motifs is 1. The van der Waals surface area contributed by atoms with E-state index in [2.05, 4.69) is 5.32 Å². The van der Waals surface area contributed by atoms with Crippen molar-refractivity contribution < 1.29 is 4.79 Å². The summed E-state index contributed by atoms with van der Waals surface area (Å²) in [6.07, 6.45) is 3.95. The number of nitrogens with two attached hydrogens (primary N) is 1. The Bertz CT molecular complexity index is 725. The molecule has 0 aliphatic heterocycles. The van der Waals surface area contributed by atoms with Crippen LogP contribution in [0.3, 0.4) is 0 Å². The molecule has 0 saturated heterocycles. The molecule has 2 aromatic rings. The lowest BCUT2D eigenvalue weighted by atomic mass is 10.2. The molecule has 1 saturated carbocycles. The zero-order chi connectivity index (χ0) is 14.8. The zero-order valence-electron chi connectivity index (χ0n) is 12.2. The minimum atomic E-state index is -0.0637. The number of halogens is 1. The van der Waals surface area contributed by atoms with Crippen LogP contribution in [0.25, 0.3) is 10.9 Å². The van der Waals surface area contributed by atoms with Crippen LogP contribution in [-0.2, 0) is 11.3 Å². The third kappa shape index (κ3) is 3.48. The molecule has 1 unspecified atom stereocenters. The molecule has 3 N–H and O–H groups in total. The van der Waals surface area contributed by atoms with Gasteiger partial charge >= 0.3 is 0 Å². The van der Waals surface area contributed by atoms with Crippen molar-refractivity contribution in [1.29, 1.82) is 0 Å². The minimum absolute atomic E-state index is 0. The van der Waals surface area contributed by atoms with E-state index in [1.54, 1.807) is 16.8 Å². The van der Waals surface area contributed by atoms with Crippen LogP contribution in [0.2, 0.25) is 0 Å². The van der Waals surface area contributed by atoms with E-state index in [-0.39, 0.29) is 36.3 Å². The van der Waals surface area contributed by atoms with Crippen molar-refractivity contribution in [3.8, 4) is 0 Å². The van der Waals surface area contributed by atoms with Gasteiger partial charge in [-0.05, 0) is 30.9 Å². The summed E-state index contributed by atoms with van der Waals surface area (Å²) in [6, 6.07) is 8.89. The number of nitrogens with zero attached hydrogens (tertiary/aromatic N) is 1. The van der Waals surface area contributed by atoms with Gasteiger partial charge in [0.1, 0.15) is 6.54 Å². The molecule has 22 heavy (non-hydrogen) atoms. The van der Waals surface area contributed by atoms with Crippen LogP contribution in [-0.4, -0.2) is 23.1 Å². The fourth-order valence-corrected chi connectivity index (χ4v) is 2.67. The summed E-state index contributed by atoms with van der Waals surface area (Å²) in [5, 5.41) is 3.62. The number of nitrogens with one attached hydrogen (secondary N) is 1. The van der Waals surface area contributed by atoms with Crippen molar-refractivity contribution in [2.75, 3.05) is 6.54 Å². The van der Waals surface area contributed by atoms with Gasteiger partial charge in [-0.1, -0.05) is 12.1 Å². The molecule has 5 nitrogen and oxygen atoms in total. The molecule has 118 valence electrons. The third-order valence-electron chi connectivity index (χ3n) is 3.99. The monoisotopic (exact) mass is 321 g/mol. The maximum atomic E-state index is 12.2. The first-order valence-electron chi connectivity index (χ1n) is 7.26. The first kappa shape index (κ1) is 16.5. The first-order chi connectivity index (χ1) is 10.2. The average Bonchev–Trinajstić information content (AvgIpc) is 3.33. The number of amides is 1. The standard InChI is InChI=1S/C16H19N3O2.ClH/c17-9-13(11-5-6-11)18-16(21)10-19-8-7-15(20)12-3-1-2-4-14(12)19;/h1-4,7-8,11,13H,5-6,9-10,17H2,(H,18,21);1H. The van der Waals surface area contributed by atoms with Crippen LogP contribution >= 0.6 is 12.4 Å². The Kier molecular flexibility index (Phi) is 5.21. The predicted molar refractivity (Wildman–Crippen MR) is 89.2 cm³/mol. The maximum Gasteiger partial charge on any atom is 0.240 e. The highest BCUT2D eigenvalue weighted by Gasteiger charge is 2.31. The van der Waals surface area contributed by atoms with Crippen LogP contribution in [0.4, 0.5) is 0 Å². The van der Waals surface area contributed by atoms with Crippen molar-refractivity contribution in [3.63, 3.8) is 0 Å². The largest absolute Gasteiger partial charge is 0.350 e. The van der Waals surface area contributed by atoms with E-state index in [9.17, 15) is 9.59 Å². The molecule has 1 fully saturated rings. The van der Waals surface area contributed by atoms with E-state index in [1.807, 2.05) is 18.2 Å². The van der Waals surface area contributed by atoms with E-state index < -0.39 is 0 Å². The topological polar surface area (TPSA) is 77.1 Å². The quantitative estimate of drug-likeness (QED) is 0.871. The second-order valence-corrected chi connectivity index (χ2v) is 5.57. The Morgan fingerprint density at radius 2 is 2.05 bits per heavy atom. The lowest BCUT2D eigenvalue weighted by Crippen LogP contribution is -2.43. The molecule has 0 bridgehead atoms. The van der Waals surface area contributed by atoms with E-state index in [0.717, 1.165) is 18.4 Å². The summed E-state index contributed by atoms with van der Waals surface area (Å²) >= 11 is 0. The second kappa shape index (κ2) is 6.94. The minimum Gasteiger partial charge on any atom is -0.350 e. The van der Waals surface area contributed by atoms with Crippen LogP contribution in [0, 0.1) is 5.92 Å². The Morgan fingerprint density at radius 3 is 2.73 bits per heavy atom. The van der Waals surface area contributed by atoms with Gasteiger partial charge in [0.2, 0.25) is 5.91 Å². The molecular formula is C16H20ClN3O2. The normalized spacial score (nSPS) is 15.1. The molecule has 1 heterocycles. The number of para-hydroxylation sites is 1. The number of pyridine rings is 1. The van der Waals surface area contributed by atoms with E-state index in [1.165, 1.54) is 6.07 Å². The van der Waals surface area contributed by atoms with Gasteiger partial charge in [0.25, 0.3) is 0 Å². The summed E-state index contributed by atoms with van der Waals surface area (Å²) < 4.78 is 1.80. The van der Waals surface area contributed by atoms with E-state index >= 15 is 0 Å². The Balaban J connectivity index is 0.00000176. The Morgan fingerprint density at radius 1 is 1.32 bits per heavy atom. The number of hydrogen-bond donors (Lipinski definition) is 2. The van der Waals surface area contributed by atoms with Crippen molar-refractivity contribution in [3.05, 3.63) is 46.8 Å². The Labute approximate surface area is 134 Å². The number of rotatable bonds is 5. The van der Waals surface area contributed by atoms with Crippen LogP contribution in [0.15, 0.2) is 41.3 Å².